The van der Waals surface area contributed by atoms with Crippen molar-refractivity contribution in [2.75, 3.05) is 11.9 Å². The van der Waals surface area contributed by atoms with Gasteiger partial charge in [0.2, 0.25) is 5.95 Å². The zero-order valence-electron chi connectivity index (χ0n) is 16.8. The lowest BCUT2D eigenvalue weighted by atomic mass is 10.1. The van der Waals surface area contributed by atoms with E-state index in [0.29, 0.717) is 23.1 Å². The fraction of sp³-hybridized carbons (Fsp3) is 0.261. The number of halogens is 3. The lowest BCUT2D eigenvalue weighted by molar-refractivity contribution is -0.137. The van der Waals surface area contributed by atoms with Gasteiger partial charge in [0.05, 0.1) is 11.8 Å². The smallest absolute Gasteiger partial charge is 0.313 e. The summed E-state index contributed by atoms with van der Waals surface area (Å²) in [6.45, 7) is 0. The first kappa shape index (κ1) is 19.5. The summed E-state index contributed by atoms with van der Waals surface area (Å²) in [6, 6.07) is 14.8. The molecule has 0 bridgehead atoms. The van der Waals surface area contributed by atoms with Crippen LogP contribution in [0.2, 0.25) is 0 Å². The second kappa shape index (κ2) is 7.37. The molecule has 2 heterocycles. The predicted octanol–water partition coefficient (Wildman–Crippen LogP) is 5.53. The Labute approximate surface area is 177 Å². The van der Waals surface area contributed by atoms with Crippen molar-refractivity contribution in [1.29, 1.82) is 0 Å². The van der Waals surface area contributed by atoms with E-state index in [2.05, 4.69) is 15.1 Å². The maximum Gasteiger partial charge on any atom is 0.416 e. The Morgan fingerprint density at radius 2 is 1.81 bits per heavy atom. The second-order valence-electron chi connectivity index (χ2n) is 7.87. The monoisotopic (exact) mass is 423 g/mol. The van der Waals surface area contributed by atoms with Crippen molar-refractivity contribution in [1.82, 2.24) is 19.6 Å². The number of fused-ring (bicyclic) bond motifs is 1. The molecule has 2 aromatic carbocycles. The van der Waals surface area contributed by atoms with E-state index in [9.17, 15) is 13.2 Å². The topological polar surface area (TPSA) is 46.3 Å². The molecule has 1 aliphatic carbocycles. The van der Waals surface area contributed by atoms with Gasteiger partial charge in [-0.3, -0.25) is 0 Å². The maximum absolute atomic E-state index is 13.3. The number of benzene rings is 2. The molecule has 0 saturated heterocycles. The van der Waals surface area contributed by atoms with Gasteiger partial charge in [0.1, 0.15) is 0 Å². The number of alkyl halides is 3. The van der Waals surface area contributed by atoms with E-state index in [4.69, 9.17) is 0 Å². The molecule has 0 amide bonds. The molecule has 8 heteroatoms. The molecule has 1 fully saturated rings. The van der Waals surface area contributed by atoms with Crippen molar-refractivity contribution in [3.05, 3.63) is 71.9 Å². The average Bonchev–Trinajstić information content (AvgIpc) is 3.51. The van der Waals surface area contributed by atoms with Gasteiger partial charge >= 0.3 is 6.18 Å². The minimum absolute atomic E-state index is 0.244. The molecular weight excluding hydrogens is 403 g/mol. The highest BCUT2D eigenvalue weighted by Gasteiger charge is 2.31. The third-order valence-corrected chi connectivity index (χ3v) is 5.52. The molecular formula is C23H20F3N5. The number of hydrogen-bond acceptors (Lipinski definition) is 4. The van der Waals surface area contributed by atoms with Crippen LogP contribution in [0.15, 0.2) is 60.8 Å². The van der Waals surface area contributed by atoms with Crippen LogP contribution in [-0.2, 0) is 12.6 Å². The lowest BCUT2D eigenvalue weighted by Crippen LogP contribution is -2.17. The minimum atomic E-state index is -4.43. The average molecular weight is 423 g/mol. The molecule has 0 spiro atoms. The Kier molecular flexibility index (Phi) is 4.64. The Balaban J connectivity index is 1.68. The van der Waals surface area contributed by atoms with Gasteiger partial charge in [-0.15, -0.1) is 0 Å². The number of nitrogens with zero attached hydrogens (tertiary/aromatic N) is 5. The summed E-state index contributed by atoms with van der Waals surface area (Å²) < 4.78 is 41.5. The largest absolute Gasteiger partial charge is 0.416 e. The maximum atomic E-state index is 13.3. The van der Waals surface area contributed by atoms with Crippen LogP contribution in [0.1, 0.15) is 24.0 Å². The van der Waals surface area contributed by atoms with E-state index in [-0.39, 0.29) is 5.82 Å². The molecule has 2 aromatic heterocycles. The zero-order valence-corrected chi connectivity index (χ0v) is 16.8. The van der Waals surface area contributed by atoms with Crippen LogP contribution in [0.5, 0.6) is 0 Å². The Morgan fingerprint density at radius 1 is 1.03 bits per heavy atom. The molecule has 0 atom stereocenters. The van der Waals surface area contributed by atoms with Gasteiger partial charge in [-0.05, 0) is 49.4 Å². The number of rotatable bonds is 5. The van der Waals surface area contributed by atoms with E-state index in [1.807, 2.05) is 42.3 Å². The summed E-state index contributed by atoms with van der Waals surface area (Å²) in [7, 11) is 1.86. The van der Waals surface area contributed by atoms with Crippen LogP contribution in [0.4, 0.5) is 24.8 Å². The molecule has 5 nitrogen and oxygen atoms in total. The summed E-state index contributed by atoms with van der Waals surface area (Å²) in [5, 5.41) is 4.51. The number of hydrogen-bond donors (Lipinski definition) is 0. The number of aromatic nitrogens is 4. The molecule has 5 rings (SSSR count). The Hall–Kier alpha value is -3.42. The van der Waals surface area contributed by atoms with Gasteiger partial charge in [-0.1, -0.05) is 30.3 Å². The molecule has 31 heavy (non-hydrogen) atoms. The first-order valence-corrected chi connectivity index (χ1v) is 10.1. The van der Waals surface area contributed by atoms with Crippen LogP contribution in [0.3, 0.4) is 0 Å². The molecule has 0 aliphatic heterocycles. The molecule has 0 unspecified atom stereocenters. The molecule has 1 aliphatic rings. The van der Waals surface area contributed by atoms with Crippen molar-refractivity contribution in [3.63, 3.8) is 0 Å². The third kappa shape index (κ3) is 3.85. The van der Waals surface area contributed by atoms with E-state index >= 15 is 0 Å². The molecule has 0 N–H and O–H groups in total. The van der Waals surface area contributed by atoms with Crippen molar-refractivity contribution in [2.45, 2.75) is 25.4 Å². The van der Waals surface area contributed by atoms with Crippen LogP contribution in [0.25, 0.3) is 17.0 Å². The first-order valence-electron chi connectivity index (χ1n) is 10.1. The number of anilines is 2. The van der Waals surface area contributed by atoms with E-state index < -0.39 is 11.7 Å². The number of para-hydroxylation sites is 1. The first-order chi connectivity index (χ1) is 14.9. The van der Waals surface area contributed by atoms with Crippen molar-refractivity contribution in [3.8, 4) is 11.4 Å². The molecule has 158 valence electrons. The van der Waals surface area contributed by atoms with Crippen LogP contribution in [0, 0.1) is 5.92 Å². The summed E-state index contributed by atoms with van der Waals surface area (Å²) in [5.74, 6) is 1.36. The summed E-state index contributed by atoms with van der Waals surface area (Å²) >= 11 is 0. The van der Waals surface area contributed by atoms with Gasteiger partial charge < -0.3 is 4.90 Å². The minimum Gasteiger partial charge on any atom is -0.313 e. The molecule has 4 aromatic rings. The zero-order chi connectivity index (χ0) is 21.6. The fourth-order valence-corrected chi connectivity index (χ4v) is 3.63. The van der Waals surface area contributed by atoms with E-state index in [0.717, 1.165) is 29.8 Å². The van der Waals surface area contributed by atoms with Gasteiger partial charge in [0.15, 0.2) is 11.5 Å². The summed E-state index contributed by atoms with van der Waals surface area (Å²) in [5.41, 5.74) is 2.10. The van der Waals surface area contributed by atoms with E-state index in [1.54, 1.807) is 16.8 Å². The Bertz CT molecular complexity index is 1230. The second-order valence-corrected chi connectivity index (χ2v) is 7.87. The van der Waals surface area contributed by atoms with Crippen molar-refractivity contribution >= 4 is 17.3 Å². The van der Waals surface area contributed by atoms with Crippen LogP contribution in [-0.4, -0.2) is 26.6 Å². The van der Waals surface area contributed by atoms with Gasteiger partial charge in [-0.2, -0.15) is 27.8 Å². The standard InChI is InChI=1S/C23H20F3N5/c1-30(19-8-3-2-4-9-19)22-29-20(16-6-5-7-18(13-16)23(24,25)26)28-21-17(12-15-10-11-15)14-27-31(21)22/h2-9,13-15H,10-12H2,1H3. The lowest BCUT2D eigenvalue weighted by Gasteiger charge is -2.19. The van der Waals surface area contributed by atoms with Crippen LogP contribution >= 0.6 is 0 Å². The van der Waals surface area contributed by atoms with Gasteiger partial charge in [0.25, 0.3) is 0 Å². The van der Waals surface area contributed by atoms with Crippen molar-refractivity contribution in [2.24, 2.45) is 5.92 Å². The predicted molar refractivity (Wildman–Crippen MR) is 112 cm³/mol. The highest BCUT2D eigenvalue weighted by molar-refractivity contribution is 5.66. The molecule has 1 saturated carbocycles. The summed E-state index contributed by atoms with van der Waals surface area (Å²) in [6.07, 6.45) is 0.578. The SMILES string of the molecule is CN(c1ccccc1)c1nc(-c2cccc(C(F)(F)F)c2)nc2c(CC3CC3)cnn12. The normalized spacial score (nSPS) is 14.2. The molecule has 0 radical (unpaired) electrons. The van der Waals surface area contributed by atoms with Crippen molar-refractivity contribution < 1.29 is 13.2 Å². The third-order valence-electron chi connectivity index (χ3n) is 5.52. The quantitative estimate of drug-likeness (QED) is 0.423. The van der Waals surface area contributed by atoms with E-state index in [1.165, 1.54) is 18.9 Å². The highest BCUT2D eigenvalue weighted by atomic mass is 19.4. The van der Waals surface area contributed by atoms with Gasteiger partial charge in [0, 0.05) is 23.9 Å². The fourth-order valence-electron chi connectivity index (χ4n) is 3.63. The Morgan fingerprint density at radius 3 is 2.52 bits per heavy atom. The van der Waals surface area contributed by atoms with Gasteiger partial charge in [-0.25, -0.2) is 4.98 Å². The highest BCUT2D eigenvalue weighted by Crippen LogP contribution is 2.35. The summed E-state index contributed by atoms with van der Waals surface area (Å²) in [4.78, 5) is 11.1. The van der Waals surface area contributed by atoms with Crippen LogP contribution < -0.4 is 4.90 Å².